The fraction of sp³-hybridized carbons (Fsp3) is 0.350. The molecule has 0 aromatic heterocycles. The van der Waals surface area contributed by atoms with Gasteiger partial charge in [-0.15, -0.1) is 0 Å². The number of carbonyl (C=O) groups excluding carboxylic acids is 4. The summed E-state index contributed by atoms with van der Waals surface area (Å²) >= 11 is 0. The summed E-state index contributed by atoms with van der Waals surface area (Å²) in [5.41, 5.74) is 0.308. The molecular formula is C40H41N3O8. The third-order valence-corrected chi connectivity index (χ3v) is 10.4. The number of allylic oxidation sites excluding steroid dienone is 1. The first-order chi connectivity index (χ1) is 24.8. The van der Waals surface area contributed by atoms with Crippen LogP contribution in [-0.4, -0.2) is 77.7 Å². The van der Waals surface area contributed by atoms with Crippen molar-refractivity contribution in [3.05, 3.63) is 120 Å². The van der Waals surface area contributed by atoms with Crippen LogP contribution in [0.25, 0.3) is 0 Å². The van der Waals surface area contributed by atoms with E-state index < -0.39 is 72.2 Å². The number of benzene rings is 3. The van der Waals surface area contributed by atoms with Crippen molar-refractivity contribution in [2.75, 3.05) is 25.2 Å². The van der Waals surface area contributed by atoms with E-state index in [0.29, 0.717) is 29.0 Å². The second-order valence-electron chi connectivity index (χ2n) is 13.3. The van der Waals surface area contributed by atoms with Crippen molar-refractivity contribution in [2.24, 2.45) is 11.8 Å². The highest BCUT2D eigenvalue weighted by molar-refractivity contribution is 6.05. The van der Waals surface area contributed by atoms with Gasteiger partial charge in [0, 0.05) is 18.7 Å². The van der Waals surface area contributed by atoms with Crippen molar-refractivity contribution >= 4 is 29.4 Å². The van der Waals surface area contributed by atoms with Gasteiger partial charge in [-0.25, -0.2) is 0 Å². The molecule has 3 aromatic carbocycles. The van der Waals surface area contributed by atoms with Gasteiger partial charge in [-0.2, -0.15) is 0 Å². The lowest BCUT2D eigenvalue weighted by atomic mass is 9.77. The number of nitrogens with one attached hydrogen (secondary N) is 1. The van der Waals surface area contributed by atoms with Gasteiger partial charge in [0.2, 0.25) is 11.8 Å². The van der Waals surface area contributed by atoms with Crippen LogP contribution < -0.4 is 15.0 Å². The molecule has 0 bridgehead atoms. The first kappa shape index (κ1) is 34.2. The lowest BCUT2D eigenvalue weighted by Gasteiger charge is -2.38. The highest BCUT2D eigenvalue weighted by atomic mass is 16.6. The van der Waals surface area contributed by atoms with Crippen LogP contribution in [0.2, 0.25) is 0 Å². The second kappa shape index (κ2) is 14.2. The quantitative estimate of drug-likeness (QED) is 0.292. The van der Waals surface area contributed by atoms with Gasteiger partial charge in [-0.3, -0.25) is 19.2 Å². The fourth-order valence-corrected chi connectivity index (χ4v) is 8.00. The molecule has 0 aliphatic carbocycles. The second-order valence-corrected chi connectivity index (χ2v) is 13.3. The summed E-state index contributed by atoms with van der Waals surface area (Å²) in [6.07, 6.45) is 5.78. The van der Waals surface area contributed by atoms with Gasteiger partial charge in [0.1, 0.15) is 29.4 Å². The Balaban J connectivity index is 1.36. The molecule has 4 aliphatic heterocycles. The number of cyclic esters (lactones) is 1. The van der Waals surface area contributed by atoms with E-state index >= 15 is 4.79 Å². The number of rotatable bonds is 6. The molecule has 0 radical (unpaired) electrons. The molecular weight excluding hydrogens is 650 g/mol. The molecule has 11 heteroatoms. The maximum atomic E-state index is 15.1. The molecule has 51 heavy (non-hydrogen) atoms. The highest BCUT2D eigenvalue weighted by Crippen LogP contribution is 2.55. The Hall–Kier alpha value is -5.26. The summed E-state index contributed by atoms with van der Waals surface area (Å²) in [6, 6.07) is 22.5. The molecule has 1 spiro atoms. The van der Waals surface area contributed by atoms with Crippen LogP contribution in [0.5, 0.6) is 5.75 Å². The minimum absolute atomic E-state index is 0.174. The summed E-state index contributed by atoms with van der Waals surface area (Å²) in [5.74, 6) is -3.49. The van der Waals surface area contributed by atoms with E-state index in [-0.39, 0.29) is 18.9 Å². The van der Waals surface area contributed by atoms with E-state index in [2.05, 4.69) is 5.32 Å². The first-order valence-electron chi connectivity index (χ1n) is 17.3. The molecule has 0 unspecified atom stereocenters. The number of nitrogens with zero attached hydrogens (tertiary/aromatic N) is 2. The Bertz CT molecular complexity index is 1830. The molecule has 3 amide bonds. The molecule has 2 saturated heterocycles. The minimum Gasteiger partial charge on any atom is -0.497 e. The van der Waals surface area contributed by atoms with Gasteiger partial charge in [-0.05, 0) is 48.7 Å². The third-order valence-electron chi connectivity index (χ3n) is 10.4. The number of ether oxygens (including phenoxy) is 3. The first-order valence-corrected chi connectivity index (χ1v) is 17.3. The number of hydrogen-bond donors (Lipinski definition) is 2. The predicted molar refractivity (Wildman–Crippen MR) is 187 cm³/mol. The van der Waals surface area contributed by atoms with Crippen molar-refractivity contribution in [1.82, 2.24) is 10.2 Å². The zero-order chi connectivity index (χ0) is 35.7. The Morgan fingerprint density at radius 3 is 2.33 bits per heavy atom. The normalized spacial score (nSPS) is 30.5. The van der Waals surface area contributed by atoms with Crippen LogP contribution in [0.3, 0.4) is 0 Å². The molecule has 4 aliphatic rings. The Kier molecular flexibility index (Phi) is 9.50. The maximum Gasteiger partial charge on any atom is 0.313 e. The Labute approximate surface area is 296 Å². The van der Waals surface area contributed by atoms with Gasteiger partial charge in [0.25, 0.3) is 5.91 Å². The molecule has 8 atom stereocenters. The van der Waals surface area contributed by atoms with E-state index in [1.165, 1.54) is 4.90 Å². The average Bonchev–Trinajstić information content (AvgIpc) is 3.54. The number of carbonyl (C=O) groups is 4. The number of aliphatic hydroxyl groups excluding tert-OH is 1. The number of aliphatic hydroxyl groups is 1. The molecule has 2 fully saturated rings. The van der Waals surface area contributed by atoms with E-state index in [9.17, 15) is 19.5 Å². The monoisotopic (exact) mass is 691 g/mol. The van der Waals surface area contributed by atoms with Gasteiger partial charge in [-0.1, -0.05) is 85.0 Å². The van der Waals surface area contributed by atoms with Crippen LogP contribution in [0.1, 0.15) is 43.0 Å². The predicted octanol–water partition coefficient (Wildman–Crippen LogP) is 4.05. The molecule has 0 saturated carbocycles. The summed E-state index contributed by atoms with van der Waals surface area (Å²) in [5, 5.41) is 13.8. The van der Waals surface area contributed by atoms with Crippen molar-refractivity contribution in [1.29, 1.82) is 0 Å². The average molecular weight is 692 g/mol. The van der Waals surface area contributed by atoms with E-state index in [0.717, 1.165) is 0 Å². The van der Waals surface area contributed by atoms with Crippen LogP contribution in [0, 0.1) is 11.8 Å². The summed E-state index contributed by atoms with van der Waals surface area (Å²) in [4.78, 5) is 60.5. The van der Waals surface area contributed by atoms with Crippen molar-refractivity contribution in [3.63, 3.8) is 0 Å². The molecule has 3 aromatic rings. The summed E-state index contributed by atoms with van der Waals surface area (Å²) in [6.45, 7) is 1.48. The fourth-order valence-electron chi connectivity index (χ4n) is 8.00. The van der Waals surface area contributed by atoms with Crippen molar-refractivity contribution in [2.45, 2.75) is 55.7 Å². The maximum absolute atomic E-state index is 15.1. The van der Waals surface area contributed by atoms with Crippen molar-refractivity contribution in [3.8, 4) is 5.75 Å². The van der Waals surface area contributed by atoms with Gasteiger partial charge >= 0.3 is 5.97 Å². The molecule has 264 valence electrons. The zero-order valence-corrected chi connectivity index (χ0v) is 28.5. The SMILES string of the molecule is COc1ccc(N2CC=C[C@@]34O[C@H]5/C=C\CCC(=O)N[C@@H](C)[C@H](c6ccccc6)OC(=O)[C@H]5[C@@H]3C(=O)N([C@H](CO)c3ccccc3)[C@H]4C2=O)cc1. The Morgan fingerprint density at radius 2 is 1.65 bits per heavy atom. The summed E-state index contributed by atoms with van der Waals surface area (Å²) < 4.78 is 18.5. The molecule has 7 rings (SSSR count). The number of methoxy groups -OCH3 is 1. The van der Waals surface area contributed by atoms with Crippen LogP contribution in [0.4, 0.5) is 5.69 Å². The summed E-state index contributed by atoms with van der Waals surface area (Å²) in [7, 11) is 1.56. The largest absolute Gasteiger partial charge is 0.497 e. The number of esters is 1. The topological polar surface area (TPSA) is 135 Å². The zero-order valence-electron chi connectivity index (χ0n) is 28.5. The number of fused-ring (bicyclic) bond motifs is 2. The standard InChI is InChI=1S/C40H41N3O8/c1-25-35(27-14-7-4-8-15-27)50-39(48)33-31(16-9-10-17-32(45)41-25)51-40-22-11-23-42(28-18-20-29(49-2)21-19-28)38(47)36(40)43(37(46)34(33)40)30(24-44)26-12-5-3-6-13-26/h3-9,11-16,18-22,25,30-31,33-36,44H,10,17,23-24H2,1-2H3,(H,41,45)/b16-9-/t25-,30+,31-,33+,34+,35+,36-,40+/m0/s1. The Morgan fingerprint density at radius 1 is 0.941 bits per heavy atom. The number of amides is 3. The van der Waals surface area contributed by atoms with E-state index in [1.54, 1.807) is 91.8 Å². The smallest absolute Gasteiger partial charge is 0.313 e. The third kappa shape index (κ3) is 6.10. The highest BCUT2D eigenvalue weighted by Gasteiger charge is 2.72. The minimum atomic E-state index is -1.58. The number of anilines is 1. The lowest BCUT2D eigenvalue weighted by Crippen LogP contribution is -2.56. The molecule has 4 heterocycles. The van der Waals surface area contributed by atoms with E-state index in [4.69, 9.17) is 14.2 Å². The van der Waals surface area contributed by atoms with Gasteiger partial charge < -0.3 is 34.4 Å². The molecule has 11 nitrogen and oxygen atoms in total. The van der Waals surface area contributed by atoms with Crippen molar-refractivity contribution < 1.29 is 38.5 Å². The van der Waals surface area contributed by atoms with Gasteiger partial charge in [0.05, 0.1) is 37.8 Å². The lowest BCUT2D eigenvalue weighted by molar-refractivity contribution is -0.161. The number of hydrogen-bond acceptors (Lipinski definition) is 8. The van der Waals surface area contributed by atoms with Crippen LogP contribution >= 0.6 is 0 Å². The van der Waals surface area contributed by atoms with Crippen LogP contribution in [-0.2, 0) is 28.7 Å². The number of likely N-dealkylation sites (tertiary alicyclic amines) is 1. The molecule has 2 N–H and O–H groups in total. The van der Waals surface area contributed by atoms with Crippen LogP contribution in [0.15, 0.2) is 109 Å². The van der Waals surface area contributed by atoms with E-state index in [1.807, 2.05) is 36.4 Å². The van der Waals surface area contributed by atoms with Gasteiger partial charge in [0.15, 0.2) is 0 Å².